The molecular weight excluding hydrogens is 1160 g/mol. The molecule has 0 radical (unpaired) electrons. The number of carbonyl (C=O) groups excluding carboxylic acids is 6. The molecule has 18 nitrogen and oxygen atoms in total. The van der Waals surface area contributed by atoms with Gasteiger partial charge >= 0.3 is 0 Å². The molecule has 2 aliphatic rings. The number of hydrogen-bond donors (Lipinski definition) is 0. The van der Waals surface area contributed by atoms with Crippen LogP contribution < -0.4 is 18.9 Å². The topological polar surface area (TPSA) is 201 Å². The summed E-state index contributed by atoms with van der Waals surface area (Å²) >= 11 is 2.40. The lowest BCUT2D eigenvalue weighted by molar-refractivity contribution is -0.109. The van der Waals surface area contributed by atoms with Crippen molar-refractivity contribution >= 4 is 100 Å². The smallest absolute Gasteiger partial charge is 0.261 e. The Morgan fingerprint density at radius 3 is 0.807 bits per heavy atom. The number of carbonyl (C=O) groups is 6. The Morgan fingerprint density at radius 1 is 0.318 bits per heavy atom. The van der Waals surface area contributed by atoms with Gasteiger partial charge in [-0.1, -0.05) is 96.3 Å². The average Bonchev–Trinajstić information content (AvgIpc) is 0.694. The van der Waals surface area contributed by atoms with E-state index in [2.05, 4.69) is 0 Å². The summed E-state index contributed by atoms with van der Waals surface area (Å²) in [5.41, 5.74) is 0.620. The Balaban J connectivity index is 1.05. The summed E-state index contributed by atoms with van der Waals surface area (Å²) in [6, 6.07) is 42.8. The van der Waals surface area contributed by atoms with E-state index < -0.39 is 23.6 Å². The first-order chi connectivity index (χ1) is 43.0. The zero-order chi connectivity index (χ0) is 60.9. The molecule has 452 valence electrons. The van der Waals surface area contributed by atoms with Crippen LogP contribution in [0.3, 0.4) is 0 Å². The Morgan fingerprint density at radius 2 is 0.557 bits per heavy atom. The maximum Gasteiger partial charge on any atom is 0.261 e. The summed E-state index contributed by atoms with van der Waals surface area (Å²) in [7, 11) is 0. The van der Waals surface area contributed by atoms with Crippen LogP contribution in [-0.4, -0.2) is 148 Å². The van der Waals surface area contributed by atoms with Crippen molar-refractivity contribution in [1.29, 1.82) is 0 Å². The third kappa shape index (κ3) is 13.8. The van der Waals surface area contributed by atoms with E-state index in [1.807, 2.05) is 72.8 Å². The van der Waals surface area contributed by atoms with Gasteiger partial charge in [0.2, 0.25) is 0 Å². The predicted octanol–water partition coefficient (Wildman–Crippen LogP) is 12.8. The van der Waals surface area contributed by atoms with Crippen LogP contribution in [0.25, 0.3) is 43.1 Å². The molecule has 2 aliphatic heterocycles. The highest BCUT2D eigenvalue weighted by molar-refractivity contribution is 8.13. The van der Waals surface area contributed by atoms with Crippen molar-refractivity contribution in [2.75, 3.05) is 104 Å². The van der Waals surface area contributed by atoms with Crippen molar-refractivity contribution in [2.24, 2.45) is 0 Å². The van der Waals surface area contributed by atoms with Crippen LogP contribution in [0.15, 0.2) is 146 Å². The summed E-state index contributed by atoms with van der Waals surface area (Å²) in [6.45, 7) is 5.79. The number of imide groups is 2. The van der Waals surface area contributed by atoms with Crippen LogP contribution in [0.4, 0.5) is 0 Å². The minimum atomic E-state index is -0.600. The molecule has 2 heterocycles. The number of benzene rings is 9. The second-order valence-electron chi connectivity index (χ2n) is 20.2. The maximum absolute atomic E-state index is 15.3. The highest BCUT2D eigenvalue weighted by Gasteiger charge is 2.41. The monoisotopic (exact) mass is 1230 g/mol. The molecule has 9 aromatic carbocycles. The zero-order valence-corrected chi connectivity index (χ0v) is 50.0. The van der Waals surface area contributed by atoms with Crippen molar-refractivity contribution in [3.05, 3.63) is 168 Å². The van der Waals surface area contributed by atoms with Gasteiger partial charge in [-0.25, -0.2) is 0 Å². The average molecular weight is 1230 g/mol. The minimum absolute atomic E-state index is 0.00595. The highest BCUT2D eigenvalue weighted by Crippen LogP contribution is 2.58. The first kappa shape index (κ1) is 61.2. The van der Waals surface area contributed by atoms with Crippen LogP contribution in [-0.2, 0) is 38.0 Å². The molecular formula is C68H62N2O16S2. The van der Waals surface area contributed by atoms with E-state index >= 15 is 19.2 Å². The van der Waals surface area contributed by atoms with E-state index in [0.29, 0.717) is 117 Å². The molecule has 20 heteroatoms. The number of amides is 4. The van der Waals surface area contributed by atoms with E-state index in [9.17, 15) is 9.59 Å². The molecule has 0 N–H and O–H groups in total. The van der Waals surface area contributed by atoms with Gasteiger partial charge in [0.15, 0.2) is 10.2 Å². The summed E-state index contributed by atoms with van der Waals surface area (Å²) in [4.78, 5) is 86.0. The number of rotatable bonds is 32. The van der Waals surface area contributed by atoms with Gasteiger partial charge in [0.25, 0.3) is 23.6 Å². The minimum Gasteiger partial charge on any atom is -0.457 e. The Bertz CT molecular complexity index is 3540. The molecule has 0 unspecified atom stereocenters. The van der Waals surface area contributed by atoms with Crippen LogP contribution in [0.5, 0.6) is 46.0 Å². The van der Waals surface area contributed by atoms with Crippen molar-refractivity contribution in [3.63, 3.8) is 0 Å². The van der Waals surface area contributed by atoms with Crippen LogP contribution in [0.2, 0.25) is 0 Å². The number of hydrogen-bond acceptors (Lipinski definition) is 18. The molecule has 0 aliphatic carbocycles. The lowest BCUT2D eigenvalue weighted by Crippen LogP contribution is -2.42. The van der Waals surface area contributed by atoms with Crippen molar-refractivity contribution in [3.8, 4) is 46.0 Å². The molecule has 0 aromatic heterocycles. The second-order valence-corrected chi connectivity index (χ2v) is 22.8. The van der Waals surface area contributed by atoms with Gasteiger partial charge in [0, 0.05) is 68.4 Å². The fourth-order valence-corrected chi connectivity index (χ4v) is 11.7. The summed E-state index contributed by atoms with van der Waals surface area (Å²) in [5, 5.41) is 3.01. The highest BCUT2D eigenvalue weighted by atomic mass is 32.2. The van der Waals surface area contributed by atoms with Crippen LogP contribution >= 0.6 is 23.5 Å². The molecule has 9 aromatic rings. The van der Waals surface area contributed by atoms with Crippen LogP contribution in [0, 0.1) is 0 Å². The SMILES string of the molecule is CC(=O)SCCOCCOCCOCCN1C(=O)c2cc(Oc3ccccc3)c3c4c(Oc5ccccc5)cc5c6c(cc(Oc7ccccc7)c(c7c(Oc8ccccc8)cc(c2c37)C1=O)c64)C(=O)N(CCOCCOCCOCCSC(C)=O)C5=O. The fourth-order valence-electron chi connectivity index (χ4n) is 10.7. The second kappa shape index (κ2) is 29.0. The van der Waals surface area contributed by atoms with Crippen molar-refractivity contribution in [1.82, 2.24) is 9.80 Å². The van der Waals surface area contributed by atoms with Crippen molar-refractivity contribution < 1.29 is 76.1 Å². The third-order valence-electron chi connectivity index (χ3n) is 14.4. The lowest BCUT2D eigenvalue weighted by atomic mass is 9.80. The van der Waals surface area contributed by atoms with E-state index in [4.69, 9.17) is 47.4 Å². The molecule has 11 rings (SSSR count). The van der Waals surface area contributed by atoms with Gasteiger partial charge in [0.05, 0.1) is 115 Å². The van der Waals surface area contributed by atoms with Crippen LogP contribution in [0.1, 0.15) is 55.3 Å². The number of thioether (sulfide) groups is 2. The molecule has 0 bridgehead atoms. The predicted molar refractivity (Wildman–Crippen MR) is 336 cm³/mol. The number of fused-ring (bicyclic) bond motifs is 2. The number of para-hydroxylation sites is 4. The van der Waals surface area contributed by atoms with E-state index in [0.717, 1.165) is 9.80 Å². The summed E-state index contributed by atoms with van der Waals surface area (Å²) < 4.78 is 62.2. The largest absolute Gasteiger partial charge is 0.457 e. The van der Waals surface area contributed by atoms with Gasteiger partial charge in [-0.2, -0.15) is 0 Å². The summed E-state index contributed by atoms with van der Waals surface area (Å²) in [5.74, 6) is 1.17. The van der Waals surface area contributed by atoms with Gasteiger partial charge in [-0.05, 0) is 72.8 Å². The van der Waals surface area contributed by atoms with E-state index in [1.54, 1.807) is 72.8 Å². The Hall–Kier alpha value is -8.44. The maximum atomic E-state index is 15.3. The van der Waals surface area contributed by atoms with Crippen molar-refractivity contribution in [2.45, 2.75) is 13.8 Å². The van der Waals surface area contributed by atoms with Gasteiger partial charge in [0.1, 0.15) is 46.0 Å². The fraction of sp³-hybridized carbons (Fsp3) is 0.265. The first-order valence-corrected chi connectivity index (χ1v) is 30.8. The summed E-state index contributed by atoms with van der Waals surface area (Å²) in [6.07, 6.45) is 0. The molecule has 0 spiro atoms. The Kier molecular flexibility index (Phi) is 20.2. The van der Waals surface area contributed by atoms with E-state index in [1.165, 1.54) is 37.4 Å². The standard InChI is InChI=1S/C68H62N2O16S2/c1-43(71)87-37-35-81-33-31-79-29-27-77-25-23-69-65(73)49-39-53(83-45-15-7-3-8-16-45)59-61-55(85-47-19-11-5-12-20-47)41-51-58-52(68(76)70(67(51)75)24-26-78-28-30-80-32-34-82-36-38-88-44(2)72)42-56(86-48-21-13-6-14-22-48)62(64(58)61)60-54(84-46-17-9-4-10-18-46)40-50(66(69)74)57(49)63(59)60/h3-22,39-42H,23-38H2,1-2H3. The lowest BCUT2D eigenvalue weighted by Gasteiger charge is -2.32. The molecule has 4 amide bonds. The first-order valence-electron chi connectivity index (χ1n) is 28.8. The third-order valence-corrected chi connectivity index (χ3v) is 16.0. The Labute approximate surface area is 515 Å². The molecule has 0 saturated carbocycles. The quantitative estimate of drug-likeness (QED) is 0.0167. The van der Waals surface area contributed by atoms with E-state index in [-0.39, 0.29) is 108 Å². The molecule has 0 saturated heterocycles. The van der Waals surface area contributed by atoms with Gasteiger partial charge in [-0.3, -0.25) is 38.6 Å². The zero-order valence-electron chi connectivity index (χ0n) is 48.4. The molecule has 88 heavy (non-hydrogen) atoms. The molecule has 0 atom stereocenters. The number of nitrogens with zero attached hydrogens (tertiary/aromatic N) is 2. The molecule has 0 fully saturated rings. The normalized spacial score (nSPS) is 13.0. The van der Waals surface area contributed by atoms with Gasteiger partial charge in [-0.15, -0.1) is 0 Å². The van der Waals surface area contributed by atoms with Gasteiger partial charge < -0.3 is 47.4 Å². The number of ether oxygens (including phenoxy) is 10.